The second-order valence-electron chi connectivity index (χ2n) is 3.95. The van der Waals surface area contributed by atoms with Gasteiger partial charge in [0.15, 0.2) is 0 Å². The zero-order valence-electron chi connectivity index (χ0n) is 10.2. The van der Waals surface area contributed by atoms with E-state index in [4.69, 9.17) is 0 Å². The summed E-state index contributed by atoms with van der Waals surface area (Å²) in [4.78, 5) is 16.0. The summed E-state index contributed by atoms with van der Waals surface area (Å²) in [6, 6.07) is 8.34. The fraction of sp³-hybridized carbons (Fsp3) is 0.154. The van der Waals surface area contributed by atoms with Crippen molar-refractivity contribution in [3.05, 3.63) is 58.4 Å². The number of rotatable bonds is 4. The molecule has 0 aliphatic heterocycles. The van der Waals surface area contributed by atoms with E-state index in [9.17, 15) is 15.2 Å². The third-order valence-corrected chi connectivity index (χ3v) is 3.61. The highest BCUT2D eigenvalue weighted by Gasteiger charge is 2.17. The van der Waals surface area contributed by atoms with Crippen molar-refractivity contribution in [1.29, 1.82) is 0 Å². The fourth-order valence-electron chi connectivity index (χ4n) is 1.56. The highest BCUT2D eigenvalue weighted by Crippen LogP contribution is 2.35. The lowest BCUT2D eigenvalue weighted by molar-refractivity contribution is -0.387. The van der Waals surface area contributed by atoms with Gasteiger partial charge in [-0.25, -0.2) is 0 Å². The second kappa shape index (κ2) is 5.81. The molecular weight excluding hydrogens is 264 g/mol. The lowest BCUT2D eigenvalue weighted by atomic mass is 10.1. The molecule has 1 atom stereocenters. The normalized spacial score (nSPS) is 12.1. The van der Waals surface area contributed by atoms with Crippen LogP contribution >= 0.6 is 11.8 Å². The first-order valence-electron chi connectivity index (χ1n) is 5.62. The SMILES string of the molecule is CC(O)c1ccc(Sc2ccncc2)c([N+](=O)[O-])c1. The van der Waals surface area contributed by atoms with Crippen LogP contribution in [0, 0.1) is 10.1 Å². The van der Waals surface area contributed by atoms with Crippen LogP contribution in [0.15, 0.2) is 52.5 Å². The smallest absolute Gasteiger partial charge is 0.283 e. The molecule has 2 rings (SSSR count). The van der Waals surface area contributed by atoms with Gasteiger partial charge in [0.25, 0.3) is 5.69 Å². The number of nitrogens with zero attached hydrogens (tertiary/aromatic N) is 2. The Hall–Kier alpha value is -1.92. The number of aromatic nitrogens is 1. The molecular formula is C13H12N2O3S. The summed E-state index contributed by atoms with van der Waals surface area (Å²) in [5.74, 6) is 0. The van der Waals surface area contributed by atoms with Crippen LogP contribution < -0.4 is 0 Å². The molecule has 6 heteroatoms. The minimum absolute atomic E-state index is 0.000197. The Morgan fingerprint density at radius 3 is 2.58 bits per heavy atom. The molecule has 0 bridgehead atoms. The molecule has 1 unspecified atom stereocenters. The molecule has 0 radical (unpaired) electrons. The highest BCUT2D eigenvalue weighted by molar-refractivity contribution is 7.99. The number of benzene rings is 1. The molecule has 1 aromatic carbocycles. The molecule has 19 heavy (non-hydrogen) atoms. The van der Waals surface area contributed by atoms with Gasteiger partial charge >= 0.3 is 0 Å². The number of nitro benzene ring substituents is 1. The van der Waals surface area contributed by atoms with Crippen LogP contribution in [0.25, 0.3) is 0 Å². The topological polar surface area (TPSA) is 76.3 Å². The highest BCUT2D eigenvalue weighted by atomic mass is 32.2. The maximum atomic E-state index is 11.1. The number of aliphatic hydroxyl groups is 1. The van der Waals surface area contributed by atoms with E-state index < -0.39 is 11.0 Å². The van der Waals surface area contributed by atoms with Gasteiger partial charge in [-0.1, -0.05) is 17.8 Å². The molecule has 1 N–H and O–H groups in total. The summed E-state index contributed by atoms with van der Waals surface area (Å²) in [6.45, 7) is 1.58. The van der Waals surface area contributed by atoms with Crippen molar-refractivity contribution in [2.45, 2.75) is 22.8 Å². The van der Waals surface area contributed by atoms with Crippen LogP contribution in [-0.2, 0) is 0 Å². The fourth-order valence-corrected chi connectivity index (χ4v) is 2.44. The lowest BCUT2D eigenvalue weighted by Gasteiger charge is -2.07. The van der Waals surface area contributed by atoms with Crippen LogP contribution in [-0.4, -0.2) is 15.0 Å². The quantitative estimate of drug-likeness (QED) is 0.685. The Morgan fingerprint density at radius 2 is 2.00 bits per heavy atom. The number of nitro groups is 1. The zero-order valence-corrected chi connectivity index (χ0v) is 11.0. The summed E-state index contributed by atoms with van der Waals surface area (Å²) in [7, 11) is 0. The molecule has 0 saturated heterocycles. The Morgan fingerprint density at radius 1 is 1.32 bits per heavy atom. The minimum atomic E-state index is -0.723. The van der Waals surface area contributed by atoms with E-state index in [-0.39, 0.29) is 5.69 Å². The van der Waals surface area contributed by atoms with Gasteiger partial charge in [0.05, 0.1) is 15.9 Å². The van der Waals surface area contributed by atoms with Gasteiger partial charge in [0.1, 0.15) is 0 Å². The standard InChI is InChI=1S/C13H12N2O3S/c1-9(16)10-2-3-13(12(8-10)15(17)18)19-11-4-6-14-7-5-11/h2-9,16H,1H3. The van der Waals surface area contributed by atoms with Crippen molar-refractivity contribution < 1.29 is 10.0 Å². The van der Waals surface area contributed by atoms with Crippen molar-refractivity contribution in [3.63, 3.8) is 0 Å². The van der Waals surface area contributed by atoms with Crippen molar-refractivity contribution in [2.24, 2.45) is 0 Å². The van der Waals surface area contributed by atoms with E-state index in [0.717, 1.165) is 4.90 Å². The summed E-state index contributed by atoms with van der Waals surface area (Å²) in [5.41, 5.74) is 0.533. The van der Waals surface area contributed by atoms with Crippen molar-refractivity contribution in [3.8, 4) is 0 Å². The molecule has 2 aromatic rings. The monoisotopic (exact) mass is 276 g/mol. The largest absolute Gasteiger partial charge is 0.389 e. The molecule has 0 fully saturated rings. The molecule has 1 aromatic heterocycles. The summed E-state index contributed by atoms with van der Waals surface area (Å²) in [6.07, 6.45) is 2.55. The first-order valence-corrected chi connectivity index (χ1v) is 6.44. The average Bonchev–Trinajstić information content (AvgIpc) is 2.39. The summed E-state index contributed by atoms with van der Waals surface area (Å²) < 4.78 is 0. The number of hydrogen-bond donors (Lipinski definition) is 1. The Kier molecular flexibility index (Phi) is 4.13. The Bertz CT molecular complexity index is 588. The third kappa shape index (κ3) is 3.30. The number of hydrogen-bond acceptors (Lipinski definition) is 5. The molecule has 0 aliphatic carbocycles. The number of aliphatic hydroxyl groups excluding tert-OH is 1. The van der Waals surface area contributed by atoms with Crippen LogP contribution in [0.4, 0.5) is 5.69 Å². The van der Waals surface area contributed by atoms with Crippen LogP contribution in [0.3, 0.4) is 0 Å². The minimum Gasteiger partial charge on any atom is -0.389 e. The van der Waals surface area contributed by atoms with Gasteiger partial charge in [-0.15, -0.1) is 0 Å². The van der Waals surface area contributed by atoms with Crippen LogP contribution in [0.2, 0.25) is 0 Å². The third-order valence-electron chi connectivity index (χ3n) is 2.54. The lowest BCUT2D eigenvalue weighted by Crippen LogP contribution is -1.96. The van der Waals surface area contributed by atoms with Gasteiger partial charge in [0, 0.05) is 23.4 Å². The zero-order chi connectivity index (χ0) is 13.8. The molecule has 0 saturated carbocycles. The molecule has 98 valence electrons. The maximum Gasteiger partial charge on any atom is 0.283 e. The first-order chi connectivity index (χ1) is 9.08. The molecule has 1 heterocycles. The van der Waals surface area contributed by atoms with E-state index in [1.165, 1.54) is 17.8 Å². The average molecular weight is 276 g/mol. The molecule has 0 spiro atoms. The Balaban J connectivity index is 2.37. The van der Waals surface area contributed by atoms with Gasteiger partial charge in [-0.05, 0) is 30.7 Å². The maximum absolute atomic E-state index is 11.1. The van der Waals surface area contributed by atoms with Gasteiger partial charge in [0.2, 0.25) is 0 Å². The van der Waals surface area contributed by atoms with Crippen molar-refractivity contribution >= 4 is 17.4 Å². The summed E-state index contributed by atoms with van der Waals surface area (Å²) in [5, 5.41) is 20.6. The van der Waals surface area contributed by atoms with E-state index in [1.807, 2.05) is 0 Å². The van der Waals surface area contributed by atoms with E-state index in [2.05, 4.69) is 4.98 Å². The van der Waals surface area contributed by atoms with Gasteiger partial charge in [-0.3, -0.25) is 15.1 Å². The number of pyridine rings is 1. The van der Waals surface area contributed by atoms with Gasteiger partial charge in [-0.2, -0.15) is 0 Å². The van der Waals surface area contributed by atoms with E-state index >= 15 is 0 Å². The van der Waals surface area contributed by atoms with E-state index in [0.29, 0.717) is 10.5 Å². The van der Waals surface area contributed by atoms with Crippen molar-refractivity contribution in [1.82, 2.24) is 4.98 Å². The Labute approximate surface area is 114 Å². The first kappa shape index (κ1) is 13.5. The van der Waals surface area contributed by atoms with Crippen LogP contribution in [0.5, 0.6) is 0 Å². The summed E-state index contributed by atoms with van der Waals surface area (Å²) >= 11 is 1.30. The van der Waals surface area contributed by atoms with E-state index in [1.54, 1.807) is 43.6 Å². The van der Waals surface area contributed by atoms with Crippen molar-refractivity contribution in [2.75, 3.05) is 0 Å². The predicted octanol–water partition coefficient (Wildman–Crippen LogP) is 3.19. The molecule has 0 amide bonds. The van der Waals surface area contributed by atoms with Crippen LogP contribution in [0.1, 0.15) is 18.6 Å². The predicted molar refractivity (Wildman–Crippen MR) is 72.1 cm³/mol. The second-order valence-corrected chi connectivity index (χ2v) is 5.06. The molecule has 0 aliphatic rings. The van der Waals surface area contributed by atoms with Gasteiger partial charge < -0.3 is 5.11 Å². The molecule has 5 nitrogen and oxygen atoms in total.